The lowest BCUT2D eigenvalue weighted by atomic mass is 10.0. The van der Waals surface area contributed by atoms with Crippen LogP contribution < -0.4 is 10.1 Å². The first kappa shape index (κ1) is 15.2. The molecule has 2 aromatic carbocycles. The smallest absolute Gasteiger partial charge is 0.216 e. The Bertz CT molecular complexity index is 881. The lowest BCUT2D eigenvalue weighted by Gasteiger charge is -2.12. The summed E-state index contributed by atoms with van der Waals surface area (Å²) in [5.74, 6) is 0.942. The van der Waals surface area contributed by atoms with Crippen LogP contribution in [-0.4, -0.2) is 27.7 Å². The minimum Gasteiger partial charge on any atom is -0.497 e. The van der Waals surface area contributed by atoms with E-state index < -0.39 is 0 Å². The van der Waals surface area contributed by atoms with Crippen LogP contribution >= 0.6 is 0 Å². The molecule has 7 nitrogen and oxygen atoms in total. The molecule has 0 bridgehead atoms. The van der Waals surface area contributed by atoms with E-state index in [1.54, 1.807) is 13.3 Å². The number of benzene rings is 2. The van der Waals surface area contributed by atoms with E-state index in [-0.39, 0.29) is 11.4 Å². The van der Waals surface area contributed by atoms with Crippen molar-refractivity contribution in [2.45, 2.75) is 0 Å². The van der Waals surface area contributed by atoms with E-state index in [0.717, 1.165) is 16.8 Å². The van der Waals surface area contributed by atoms with Gasteiger partial charge >= 0.3 is 0 Å². The van der Waals surface area contributed by atoms with Crippen LogP contribution in [0.4, 0.5) is 5.69 Å². The highest BCUT2D eigenvalue weighted by molar-refractivity contribution is 5.82. The summed E-state index contributed by atoms with van der Waals surface area (Å²) in [6.45, 7) is 0. The molecule has 0 aliphatic heterocycles. The molecule has 0 aliphatic rings. The van der Waals surface area contributed by atoms with E-state index in [2.05, 4.69) is 25.9 Å². The first-order valence-corrected chi connectivity index (χ1v) is 7.16. The summed E-state index contributed by atoms with van der Waals surface area (Å²) >= 11 is 0. The Kier molecular flexibility index (Phi) is 4.49. The van der Waals surface area contributed by atoms with Gasteiger partial charge in [-0.05, 0) is 22.9 Å². The Morgan fingerprint density at radius 1 is 1.25 bits per heavy atom. The normalized spacial score (nSPS) is 10.9. The van der Waals surface area contributed by atoms with Gasteiger partial charge in [-0.15, -0.1) is 10.2 Å². The molecule has 0 fully saturated rings. The predicted molar refractivity (Wildman–Crippen MR) is 89.8 cm³/mol. The van der Waals surface area contributed by atoms with Gasteiger partial charge in [0.05, 0.1) is 7.11 Å². The first-order chi connectivity index (χ1) is 11.8. The van der Waals surface area contributed by atoms with E-state index in [0.29, 0.717) is 5.75 Å². The molecular weight excluding hydrogens is 304 g/mol. The highest BCUT2D eigenvalue weighted by Gasteiger charge is 2.09. The summed E-state index contributed by atoms with van der Waals surface area (Å²) in [5, 5.41) is 25.8. The zero-order valence-electron chi connectivity index (χ0n) is 12.9. The third kappa shape index (κ3) is 3.23. The largest absolute Gasteiger partial charge is 0.497 e. The van der Waals surface area contributed by atoms with Gasteiger partial charge in [0.15, 0.2) is 0 Å². The number of methoxy groups -OCH3 is 1. The molecule has 1 heterocycles. The van der Waals surface area contributed by atoms with Crippen LogP contribution in [0, 0.1) is 11.3 Å². The Morgan fingerprint density at radius 3 is 2.75 bits per heavy atom. The monoisotopic (exact) mass is 318 g/mol. The molecule has 0 unspecified atom stereocenters. The molecule has 0 spiro atoms. The quantitative estimate of drug-likeness (QED) is 0.702. The van der Waals surface area contributed by atoms with Crippen LogP contribution in [-0.2, 0) is 0 Å². The number of rotatable bonds is 5. The molecule has 118 valence electrons. The second kappa shape index (κ2) is 7.07. The Morgan fingerprint density at radius 2 is 2.08 bits per heavy atom. The maximum Gasteiger partial charge on any atom is 0.216 e. The second-order valence-electron chi connectivity index (χ2n) is 4.83. The number of anilines is 1. The van der Waals surface area contributed by atoms with Crippen LogP contribution in [0.1, 0.15) is 5.82 Å². The van der Waals surface area contributed by atoms with Crippen molar-refractivity contribution in [3.05, 3.63) is 60.6 Å². The summed E-state index contributed by atoms with van der Waals surface area (Å²) in [7, 11) is 1.61. The lowest BCUT2D eigenvalue weighted by molar-refractivity contribution is 0.415. The molecule has 24 heavy (non-hydrogen) atoms. The standard InChI is InChI=1S/C17H14N6O/c1-24-14-7-8-15(12-5-3-2-4-6-12)16(9-14)19-11-13(10-18)17-20-22-23-21-17/h2-9,11,19H,1H3,(H,20,21,22,23). The van der Waals surface area contributed by atoms with Gasteiger partial charge in [-0.2, -0.15) is 10.5 Å². The summed E-state index contributed by atoms with van der Waals surface area (Å²) in [6.07, 6.45) is 1.55. The number of ether oxygens (including phenoxy) is 1. The number of allylic oxidation sites excluding steroid dienone is 1. The fourth-order valence-electron chi connectivity index (χ4n) is 2.21. The number of H-pyrrole nitrogens is 1. The number of nitrogens with zero attached hydrogens (tertiary/aromatic N) is 4. The number of hydrogen-bond acceptors (Lipinski definition) is 6. The van der Waals surface area contributed by atoms with Crippen molar-refractivity contribution in [1.82, 2.24) is 20.6 Å². The molecule has 0 aliphatic carbocycles. The Balaban J connectivity index is 1.98. The highest BCUT2D eigenvalue weighted by Crippen LogP contribution is 2.31. The molecule has 0 saturated heterocycles. The molecule has 3 aromatic rings. The van der Waals surface area contributed by atoms with Gasteiger partial charge in [-0.3, -0.25) is 0 Å². The van der Waals surface area contributed by atoms with E-state index in [1.807, 2.05) is 54.6 Å². The van der Waals surface area contributed by atoms with Crippen molar-refractivity contribution in [1.29, 1.82) is 5.26 Å². The van der Waals surface area contributed by atoms with Crippen molar-refractivity contribution in [3.8, 4) is 22.9 Å². The molecule has 0 atom stereocenters. The topological polar surface area (TPSA) is 99.5 Å². The highest BCUT2D eigenvalue weighted by atomic mass is 16.5. The number of aromatic amines is 1. The summed E-state index contributed by atoms with van der Waals surface area (Å²) < 4.78 is 5.29. The fraction of sp³-hybridized carbons (Fsp3) is 0.0588. The summed E-state index contributed by atoms with van der Waals surface area (Å²) in [4.78, 5) is 0. The second-order valence-corrected chi connectivity index (χ2v) is 4.83. The van der Waals surface area contributed by atoms with Crippen LogP contribution in [0.25, 0.3) is 16.7 Å². The Hall–Kier alpha value is -3.66. The van der Waals surface area contributed by atoms with Crippen molar-refractivity contribution >= 4 is 11.3 Å². The first-order valence-electron chi connectivity index (χ1n) is 7.16. The zero-order chi connectivity index (χ0) is 16.8. The number of aromatic nitrogens is 4. The van der Waals surface area contributed by atoms with Crippen LogP contribution in [0.15, 0.2) is 54.7 Å². The predicted octanol–water partition coefficient (Wildman–Crippen LogP) is 2.85. The molecule has 0 saturated carbocycles. The third-order valence-electron chi connectivity index (χ3n) is 3.39. The van der Waals surface area contributed by atoms with Crippen molar-refractivity contribution in [2.75, 3.05) is 12.4 Å². The van der Waals surface area contributed by atoms with Gasteiger partial charge in [-0.25, -0.2) is 0 Å². The van der Waals surface area contributed by atoms with Gasteiger partial charge < -0.3 is 10.1 Å². The molecule has 0 amide bonds. The summed E-state index contributed by atoms with van der Waals surface area (Å²) in [6, 6.07) is 17.7. The van der Waals surface area contributed by atoms with Gasteiger partial charge in [0.1, 0.15) is 17.4 Å². The average Bonchev–Trinajstić information content (AvgIpc) is 3.17. The zero-order valence-corrected chi connectivity index (χ0v) is 12.9. The minimum atomic E-state index is 0.231. The van der Waals surface area contributed by atoms with E-state index in [1.165, 1.54) is 0 Å². The molecule has 7 heteroatoms. The molecule has 0 radical (unpaired) electrons. The van der Waals surface area contributed by atoms with Gasteiger partial charge in [0.25, 0.3) is 0 Å². The van der Waals surface area contributed by atoms with E-state index in [4.69, 9.17) is 4.74 Å². The van der Waals surface area contributed by atoms with Crippen LogP contribution in [0.3, 0.4) is 0 Å². The summed E-state index contributed by atoms with van der Waals surface area (Å²) in [5.41, 5.74) is 3.11. The van der Waals surface area contributed by atoms with Crippen LogP contribution in [0.2, 0.25) is 0 Å². The third-order valence-corrected chi connectivity index (χ3v) is 3.39. The van der Waals surface area contributed by atoms with Gasteiger partial charge in [0, 0.05) is 23.5 Å². The Labute approximate surface area is 138 Å². The number of nitriles is 1. The maximum atomic E-state index is 9.26. The van der Waals surface area contributed by atoms with E-state index in [9.17, 15) is 5.26 Å². The lowest BCUT2D eigenvalue weighted by Crippen LogP contribution is -1.96. The molecule has 1 aromatic heterocycles. The molecular formula is C17H14N6O. The van der Waals surface area contributed by atoms with Crippen molar-refractivity contribution < 1.29 is 4.74 Å². The maximum absolute atomic E-state index is 9.26. The van der Waals surface area contributed by atoms with Crippen molar-refractivity contribution in [2.24, 2.45) is 0 Å². The number of tetrazole rings is 1. The number of nitrogens with one attached hydrogen (secondary N) is 2. The van der Waals surface area contributed by atoms with Gasteiger partial charge in [0.2, 0.25) is 5.82 Å². The molecule has 3 rings (SSSR count). The SMILES string of the molecule is COc1ccc(-c2ccccc2)c(NC=C(C#N)c2nn[nH]n2)c1. The average molecular weight is 318 g/mol. The van der Waals surface area contributed by atoms with Gasteiger partial charge in [-0.1, -0.05) is 30.3 Å². The minimum absolute atomic E-state index is 0.231. The van der Waals surface area contributed by atoms with Crippen molar-refractivity contribution in [3.63, 3.8) is 0 Å². The fourth-order valence-corrected chi connectivity index (χ4v) is 2.21. The molecule has 2 N–H and O–H groups in total. The number of hydrogen-bond donors (Lipinski definition) is 2. The van der Waals surface area contributed by atoms with E-state index >= 15 is 0 Å². The van der Waals surface area contributed by atoms with Crippen LogP contribution in [0.5, 0.6) is 5.75 Å².